The summed E-state index contributed by atoms with van der Waals surface area (Å²) in [6.45, 7) is 3.57. The Morgan fingerprint density at radius 1 is 1.57 bits per heavy atom. The molecule has 2 atom stereocenters. The van der Waals surface area contributed by atoms with Crippen LogP contribution in [0.4, 0.5) is 0 Å². The molecule has 3 rings (SSSR count). The standard InChI is InChI=1S/C16H18ClN2O2PS/c1-10-8-19(9-11-4-3-7-21-11)16(23-10)18-15(20)12-5-2-6-13(17)14(12)22/h2,5-6,8,11H,3-4,7,9,22H2,1H3/b18-16-/t11-/m1/s1. The highest BCUT2D eigenvalue weighted by molar-refractivity contribution is 7.28. The molecule has 1 amide bonds. The molecule has 1 aromatic heterocycles. The zero-order chi connectivity index (χ0) is 16.4. The first kappa shape index (κ1) is 16.8. The first-order chi connectivity index (χ1) is 11.0. The number of rotatable bonds is 3. The molecule has 23 heavy (non-hydrogen) atoms. The number of aryl methyl sites for hydroxylation is 1. The van der Waals surface area contributed by atoms with Gasteiger partial charge in [0.2, 0.25) is 0 Å². The summed E-state index contributed by atoms with van der Waals surface area (Å²) in [4.78, 5) is 18.6. The summed E-state index contributed by atoms with van der Waals surface area (Å²) >= 11 is 7.59. The Bertz CT molecular complexity index is 794. The van der Waals surface area contributed by atoms with Crippen molar-refractivity contribution in [3.8, 4) is 0 Å². The molecular formula is C16H18ClN2O2PS. The predicted octanol–water partition coefficient (Wildman–Crippen LogP) is 2.93. The van der Waals surface area contributed by atoms with Gasteiger partial charge < -0.3 is 9.30 Å². The third-order valence-electron chi connectivity index (χ3n) is 3.74. The molecule has 2 heterocycles. The molecule has 0 N–H and O–H groups in total. The molecule has 1 saturated heterocycles. The summed E-state index contributed by atoms with van der Waals surface area (Å²) in [5.41, 5.74) is 0.511. The third kappa shape index (κ3) is 3.92. The van der Waals surface area contributed by atoms with E-state index in [9.17, 15) is 4.79 Å². The summed E-state index contributed by atoms with van der Waals surface area (Å²) in [6, 6.07) is 5.26. The highest BCUT2D eigenvalue weighted by Crippen LogP contribution is 2.15. The minimum absolute atomic E-state index is 0.210. The molecule has 1 fully saturated rings. The number of halogens is 1. The van der Waals surface area contributed by atoms with Crippen LogP contribution in [0.2, 0.25) is 5.02 Å². The Kier molecular flexibility index (Phi) is 5.32. The molecular weight excluding hydrogens is 351 g/mol. The Morgan fingerprint density at radius 3 is 3.13 bits per heavy atom. The van der Waals surface area contributed by atoms with Crippen LogP contribution in [0.15, 0.2) is 29.4 Å². The quantitative estimate of drug-likeness (QED) is 0.782. The maximum Gasteiger partial charge on any atom is 0.280 e. The van der Waals surface area contributed by atoms with Gasteiger partial charge in [0.05, 0.1) is 18.2 Å². The van der Waals surface area contributed by atoms with E-state index in [1.807, 2.05) is 17.7 Å². The molecule has 0 spiro atoms. The van der Waals surface area contributed by atoms with Gasteiger partial charge in [-0.3, -0.25) is 4.79 Å². The van der Waals surface area contributed by atoms with Gasteiger partial charge in [-0.05, 0) is 31.9 Å². The van der Waals surface area contributed by atoms with Crippen molar-refractivity contribution in [2.24, 2.45) is 4.99 Å². The van der Waals surface area contributed by atoms with Crippen LogP contribution in [0.1, 0.15) is 28.1 Å². The number of nitrogens with zero attached hydrogens (tertiary/aromatic N) is 2. The molecule has 0 saturated carbocycles. The molecule has 1 aliphatic rings. The van der Waals surface area contributed by atoms with Crippen molar-refractivity contribution in [1.82, 2.24) is 4.57 Å². The number of benzene rings is 1. The number of thiazole rings is 1. The maximum absolute atomic E-state index is 12.5. The summed E-state index contributed by atoms with van der Waals surface area (Å²) in [5, 5.41) is 1.23. The zero-order valence-electron chi connectivity index (χ0n) is 12.8. The van der Waals surface area contributed by atoms with E-state index in [2.05, 4.69) is 14.2 Å². The van der Waals surface area contributed by atoms with Gasteiger partial charge in [0.25, 0.3) is 5.91 Å². The van der Waals surface area contributed by atoms with E-state index >= 15 is 0 Å². The average molecular weight is 369 g/mol. The fourth-order valence-corrected chi connectivity index (χ4v) is 3.93. The van der Waals surface area contributed by atoms with E-state index in [4.69, 9.17) is 16.3 Å². The van der Waals surface area contributed by atoms with Crippen LogP contribution in [-0.2, 0) is 11.3 Å². The van der Waals surface area contributed by atoms with Gasteiger partial charge in [-0.15, -0.1) is 20.6 Å². The highest BCUT2D eigenvalue weighted by Gasteiger charge is 2.17. The largest absolute Gasteiger partial charge is 0.376 e. The van der Waals surface area contributed by atoms with Gasteiger partial charge in [0.15, 0.2) is 4.80 Å². The SMILES string of the molecule is Cc1cn(C[C@H]2CCCO2)/c(=N/C(=O)c2cccc(Cl)c2P)s1. The zero-order valence-corrected chi connectivity index (χ0v) is 15.5. The van der Waals surface area contributed by atoms with Gasteiger partial charge in [-0.25, -0.2) is 0 Å². The molecule has 7 heteroatoms. The monoisotopic (exact) mass is 368 g/mol. The summed E-state index contributed by atoms with van der Waals surface area (Å²) in [7, 11) is 2.51. The van der Waals surface area contributed by atoms with Crippen LogP contribution in [0.25, 0.3) is 0 Å². The molecule has 1 aliphatic heterocycles. The topological polar surface area (TPSA) is 43.6 Å². The van der Waals surface area contributed by atoms with Crippen molar-refractivity contribution < 1.29 is 9.53 Å². The lowest BCUT2D eigenvalue weighted by Crippen LogP contribution is -2.24. The molecule has 122 valence electrons. The lowest BCUT2D eigenvalue weighted by molar-refractivity contribution is 0.0950. The van der Waals surface area contributed by atoms with Crippen LogP contribution in [0.5, 0.6) is 0 Å². The maximum atomic E-state index is 12.5. The fraction of sp³-hybridized carbons (Fsp3) is 0.375. The molecule has 1 aromatic carbocycles. The summed E-state index contributed by atoms with van der Waals surface area (Å²) in [6.07, 6.45) is 4.39. The van der Waals surface area contributed by atoms with E-state index in [-0.39, 0.29) is 12.0 Å². The van der Waals surface area contributed by atoms with Gasteiger partial charge in [-0.1, -0.05) is 17.7 Å². The average Bonchev–Trinajstić information content (AvgIpc) is 3.12. The number of amides is 1. The predicted molar refractivity (Wildman–Crippen MR) is 96.7 cm³/mol. The minimum atomic E-state index is -0.277. The molecule has 0 aliphatic carbocycles. The number of hydrogen-bond acceptors (Lipinski definition) is 3. The second-order valence-corrected chi connectivity index (χ2v) is 7.73. The number of carbonyl (C=O) groups excluding carboxylic acids is 1. The van der Waals surface area contributed by atoms with Gasteiger partial charge in [-0.2, -0.15) is 4.99 Å². The van der Waals surface area contributed by atoms with Crippen molar-refractivity contribution >= 4 is 43.4 Å². The van der Waals surface area contributed by atoms with Crippen molar-refractivity contribution in [2.75, 3.05) is 6.61 Å². The van der Waals surface area contributed by atoms with Crippen molar-refractivity contribution in [2.45, 2.75) is 32.4 Å². The second kappa shape index (κ2) is 7.27. The van der Waals surface area contributed by atoms with E-state index in [1.165, 1.54) is 11.3 Å². The van der Waals surface area contributed by atoms with Gasteiger partial charge >= 0.3 is 0 Å². The Balaban J connectivity index is 1.92. The van der Waals surface area contributed by atoms with Crippen LogP contribution in [-0.4, -0.2) is 23.2 Å². The van der Waals surface area contributed by atoms with Crippen LogP contribution in [0.3, 0.4) is 0 Å². The van der Waals surface area contributed by atoms with Gasteiger partial charge in [0, 0.05) is 28.0 Å². The minimum Gasteiger partial charge on any atom is -0.376 e. The lowest BCUT2D eigenvalue weighted by atomic mass is 10.2. The molecule has 0 bridgehead atoms. The summed E-state index contributed by atoms with van der Waals surface area (Å²) in [5.74, 6) is -0.277. The number of ether oxygens (including phenoxy) is 1. The van der Waals surface area contributed by atoms with Crippen LogP contribution in [0, 0.1) is 6.92 Å². The van der Waals surface area contributed by atoms with E-state index in [0.717, 1.165) is 30.9 Å². The van der Waals surface area contributed by atoms with Crippen molar-refractivity contribution in [3.05, 3.63) is 44.7 Å². The lowest BCUT2D eigenvalue weighted by Gasteiger charge is -2.10. The van der Waals surface area contributed by atoms with Crippen LogP contribution < -0.4 is 10.1 Å². The van der Waals surface area contributed by atoms with E-state index < -0.39 is 0 Å². The van der Waals surface area contributed by atoms with Crippen LogP contribution >= 0.6 is 32.2 Å². The molecule has 0 radical (unpaired) electrons. The molecule has 4 nitrogen and oxygen atoms in total. The Hall–Kier alpha value is -1.000. The van der Waals surface area contributed by atoms with Crippen molar-refractivity contribution in [1.29, 1.82) is 0 Å². The van der Waals surface area contributed by atoms with Gasteiger partial charge in [0.1, 0.15) is 0 Å². The second-order valence-electron chi connectivity index (χ2n) is 5.53. The first-order valence-corrected chi connectivity index (χ1v) is 9.23. The van der Waals surface area contributed by atoms with Crippen molar-refractivity contribution in [3.63, 3.8) is 0 Å². The smallest absolute Gasteiger partial charge is 0.280 e. The number of aromatic nitrogens is 1. The molecule has 2 aromatic rings. The Labute approximate surface area is 146 Å². The summed E-state index contributed by atoms with van der Waals surface area (Å²) < 4.78 is 7.70. The first-order valence-electron chi connectivity index (χ1n) is 7.46. The number of hydrogen-bond donors (Lipinski definition) is 0. The highest BCUT2D eigenvalue weighted by atomic mass is 35.5. The number of carbonyl (C=O) groups is 1. The van der Waals surface area contributed by atoms with E-state index in [1.54, 1.807) is 18.2 Å². The molecule has 1 unspecified atom stereocenters. The fourth-order valence-electron chi connectivity index (χ4n) is 2.60. The normalized spacial score (nSPS) is 18.6. The Morgan fingerprint density at radius 2 is 2.39 bits per heavy atom. The third-order valence-corrected chi connectivity index (χ3v) is 5.81. The van der Waals surface area contributed by atoms with E-state index in [0.29, 0.717) is 20.7 Å².